The number of nitrogens with one attached hydrogen (secondary N) is 2. The molecule has 0 spiro atoms. The van der Waals surface area contributed by atoms with E-state index >= 15 is 0 Å². The van der Waals surface area contributed by atoms with Crippen LogP contribution < -0.4 is 10.6 Å². The normalized spacial score (nSPS) is 11.6. The smallest absolute Gasteiger partial charge is 0.191 e. The maximum absolute atomic E-state index is 5.88. The van der Waals surface area contributed by atoms with E-state index in [1.54, 1.807) is 18.4 Å². The van der Waals surface area contributed by atoms with Gasteiger partial charge < -0.3 is 15.4 Å². The summed E-state index contributed by atoms with van der Waals surface area (Å²) in [5, 5.41) is 6.48. The highest BCUT2D eigenvalue weighted by atomic mass is 35.5. The molecule has 102 valence electrons. The van der Waals surface area contributed by atoms with Crippen molar-refractivity contribution in [2.45, 2.75) is 13.3 Å². The number of guanidine groups is 1. The number of nitrogens with zero attached hydrogens (tertiary/aromatic N) is 1. The van der Waals surface area contributed by atoms with Crippen LogP contribution in [-0.2, 0) is 11.2 Å². The molecule has 6 heteroatoms. The third kappa shape index (κ3) is 6.23. The van der Waals surface area contributed by atoms with E-state index in [4.69, 9.17) is 16.3 Å². The van der Waals surface area contributed by atoms with Crippen LogP contribution in [0.3, 0.4) is 0 Å². The molecule has 1 aromatic rings. The van der Waals surface area contributed by atoms with Crippen LogP contribution in [-0.4, -0.2) is 39.3 Å². The predicted octanol–water partition coefficient (Wildman–Crippen LogP) is 2.15. The Morgan fingerprint density at radius 1 is 1.44 bits per heavy atom. The van der Waals surface area contributed by atoms with E-state index in [1.165, 1.54) is 4.88 Å². The van der Waals surface area contributed by atoms with Crippen molar-refractivity contribution in [2.75, 3.05) is 33.4 Å². The molecule has 1 aromatic heterocycles. The number of rotatable bonds is 7. The largest absolute Gasteiger partial charge is 0.383 e. The predicted molar refractivity (Wildman–Crippen MR) is 78.9 cm³/mol. The van der Waals surface area contributed by atoms with Gasteiger partial charge in [0.1, 0.15) is 0 Å². The van der Waals surface area contributed by atoms with Gasteiger partial charge in [0.25, 0.3) is 0 Å². The lowest BCUT2D eigenvalue weighted by Gasteiger charge is -2.10. The van der Waals surface area contributed by atoms with Crippen LogP contribution in [0.2, 0.25) is 4.34 Å². The lowest BCUT2D eigenvalue weighted by atomic mass is 10.3. The molecule has 1 heterocycles. The summed E-state index contributed by atoms with van der Waals surface area (Å²) in [7, 11) is 1.68. The summed E-state index contributed by atoms with van der Waals surface area (Å²) < 4.78 is 5.81. The third-order valence-electron chi connectivity index (χ3n) is 2.20. The highest BCUT2D eigenvalue weighted by Gasteiger charge is 1.99. The average molecular weight is 290 g/mol. The summed E-state index contributed by atoms with van der Waals surface area (Å²) in [4.78, 5) is 5.66. The molecule has 0 radical (unpaired) electrons. The number of halogens is 1. The fourth-order valence-electron chi connectivity index (χ4n) is 1.38. The van der Waals surface area contributed by atoms with E-state index in [0.717, 1.165) is 29.8 Å². The van der Waals surface area contributed by atoms with Gasteiger partial charge in [-0.2, -0.15) is 0 Å². The van der Waals surface area contributed by atoms with Gasteiger partial charge in [0.2, 0.25) is 0 Å². The van der Waals surface area contributed by atoms with Gasteiger partial charge in [0.15, 0.2) is 5.96 Å². The van der Waals surface area contributed by atoms with Gasteiger partial charge in [-0.25, -0.2) is 0 Å². The molecule has 0 unspecified atom stereocenters. The number of hydrogen-bond donors (Lipinski definition) is 2. The summed E-state index contributed by atoms with van der Waals surface area (Å²) in [6, 6.07) is 3.99. The summed E-state index contributed by atoms with van der Waals surface area (Å²) in [5.74, 6) is 0.831. The molecule has 0 fully saturated rings. The van der Waals surface area contributed by atoms with Gasteiger partial charge in [-0.15, -0.1) is 11.3 Å². The van der Waals surface area contributed by atoms with Crippen molar-refractivity contribution in [1.82, 2.24) is 10.6 Å². The monoisotopic (exact) mass is 289 g/mol. The lowest BCUT2D eigenvalue weighted by molar-refractivity contribution is 0.208. The standard InChI is InChI=1S/C12H20ClN3OS/c1-3-14-12(16-8-9-17-2)15-7-6-10-4-5-11(13)18-10/h4-5H,3,6-9H2,1-2H3,(H2,14,15,16). The van der Waals surface area contributed by atoms with E-state index in [2.05, 4.69) is 21.7 Å². The number of thiophene rings is 1. The Balaban J connectivity index is 2.30. The molecule has 0 amide bonds. The summed E-state index contributed by atoms with van der Waals surface area (Å²) in [6.45, 7) is 5.04. The Morgan fingerprint density at radius 2 is 2.28 bits per heavy atom. The fourth-order valence-corrected chi connectivity index (χ4v) is 2.47. The van der Waals surface area contributed by atoms with Crippen LogP contribution >= 0.6 is 22.9 Å². The highest BCUT2D eigenvalue weighted by Crippen LogP contribution is 2.21. The Labute approximate surface area is 117 Å². The summed E-state index contributed by atoms with van der Waals surface area (Å²) >= 11 is 7.50. The second kappa shape index (κ2) is 9.19. The van der Waals surface area contributed by atoms with Crippen LogP contribution in [0.4, 0.5) is 0 Å². The molecular formula is C12H20ClN3OS. The number of methoxy groups -OCH3 is 1. The molecule has 0 aliphatic heterocycles. The van der Waals surface area contributed by atoms with Crippen molar-refractivity contribution in [3.8, 4) is 0 Å². The van der Waals surface area contributed by atoms with E-state index in [-0.39, 0.29) is 0 Å². The van der Waals surface area contributed by atoms with E-state index in [0.29, 0.717) is 13.2 Å². The van der Waals surface area contributed by atoms with Gasteiger partial charge in [-0.1, -0.05) is 11.6 Å². The minimum absolute atomic E-state index is 0.636. The zero-order chi connectivity index (χ0) is 13.2. The molecule has 1 rings (SSSR count). The molecule has 0 saturated heterocycles. The van der Waals surface area contributed by atoms with Gasteiger partial charge >= 0.3 is 0 Å². The van der Waals surface area contributed by atoms with Crippen molar-refractivity contribution < 1.29 is 4.74 Å². The molecule has 4 nitrogen and oxygen atoms in total. The van der Waals surface area contributed by atoms with Crippen LogP contribution in [0.1, 0.15) is 11.8 Å². The van der Waals surface area contributed by atoms with Crippen LogP contribution in [0.25, 0.3) is 0 Å². The van der Waals surface area contributed by atoms with Crippen molar-refractivity contribution in [3.05, 3.63) is 21.3 Å². The number of ether oxygens (including phenoxy) is 1. The minimum atomic E-state index is 0.636. The Morgan fingerprint density at radius 3 is 2.89 bits per heavy atom. The quantitative estimate of drug-likeness (QED) is 0.459. The van der Waals surface area contributed by atoms with Crippen LogP contribution in [0.15, 0.2) is 17.1 Å². The maximum Gasteiger partial charge on any atom is 0.191 e. The van der Waals surface area contributed by atoms with Gasteiger partial charge in [-0.3, -0.25) is 4.99 Å². The summed E-state index contributed by atoms with van der Waals surface area (Å²) in [5.41, 5.74) is 0. The zero-order valence-electron chi connectivity index (χ0n) is 10.8. The average Bonchev–Trinajstić information content (AvgIpc) is 2.75. The van der Waals surface area contributed by atoms with Crippen molar-refractivity contribution in [1.29, 1.82) is 0 Å². The Bertz CT molecular complexity index is 368. The third-order valence-corrected chi connectivity index (χ3v) is 3.49. The Kier molecular flexibility index (Phi) is 7.80. The molecular weight excluding hydrogens is 270 g/mol. The first-order chi connectivity index (χ1) is 8.76. The highest BCUT2D eigenvalue weighted by molar-refractivity contribution is 7.16. The summed E-state index contributed by atoms with van der Waals surface area (Å²) in [6.07, 6.45) is 0.950. The topological polar surface area (TPSA) is 45.7 Å². The Hall–Kier alpha value is -0.780. The van der Waals surface area contributed by atoms with Crippen molar-refractivity contribution in [2.24, 2.45) is 4.99 Å². The first-order valence-electron chi connectivity index (χ1n) is 6.01. The molecule has 0 aliphatic rings. The molecule has 0 aliphatic carbocycles. The van der Waals surface area contributed by atoms with Crippen molar-refractivity contribution in [3.63, 3.8) is 0 Å². The van der Waals surface area contributed by atoms with E-state index in [1.807, 2.05) is 13.0 Å². The lowest BCUT2D eigenvalue weighted by Crippen LogP contribution is -2.38. The molecule has 2 N–H and O–H groups in total. The molecule has 0 bridgehead atoms. The van der Waals surface area contributed by atoms with E-state index in [9.17, 15) is 0 Å². The van der Waals surface area contributed by atoms with Crippen molar-refractivity contribution >= 4 is 28.9 Å². The molecule has 0 atom stereocenters. The maximum atomic E-state index is 5.88. The minimum Gasteiger partial charge on any atom is -0.383 e. The van der Waals surface area contributed by atoms with Gasteiger partial charge in [0.05, 0.1) is 17.5 Å². The second-order valence-corrected chi connectivity index (χ2v) is 5.44. The SMILES string of the molecule is CCNC(=NCCOC)NCCc1ccc(Cl)s1. The van der Waals surface area contributed by atoms with Gasteiger partial charge in [-0.05, 0) is 25.5 Å². The van der Waals surface area contributed by atoms with Crippen LogP contribution in [0, 0.1) is 0 Å². The number of hydrogen-bond acceptors (Lipinski definition) is 3. The molecule has 18 heavy (non-hydrogen) atoms. The first kappa shape index (κ1) is 15.3. The van der Waals surface area contributed by atoms with Gasteiger partial charge in [0, 0.05) is 25.1 Å². The first-order valence-corrected chi connectivity index (χ1v) is 7.21. The van der Waals surface area contributed by atoms with E-state index < -0.39 is 0 Å². The zero-order valence-corrected chi connectivity index (χ0v) is 12.4. The fraction of sp³-hybridized carbons (Fsp3) is 0.583. The molecule has 0 aromatic carbocycles. The molecule has 0 saturated carbocycles. The number of aliphatic imine (C=N–C) groups is 1. The second-order valence-electron chi connectivity index (χ2n) is 3.64. The van der Waals surface area contributed by atoms with Crippen LogP contribution in [0.5, 0.6) is 0 Å².